The molecule has 0 radical (unpaired) electrons. The highest BCUT2D eigenvalue weighted by Crippen LogP contribution is 2.12. The predicted molar refractivity (Wildman–Crippen MR) is 117 cm³/mol. The van der Waals surface area contributed by atoms with Gasteiger partial charge in [0, 0.05) is 20.0 Å². The van der Waals surface area contributed by atoms with Crippen molar-refractivity contribution >= 4 is 11.8 Å². The summed E-state index contributed by atoms with van der Waals surface area (Å²) in [5, 5.41) is 2.99. The van der Waals surface area contributed by atoms with Crippen molar-refractivity contribution in [3.8, 4) is 0 Å². The minimum absolute atomic E-state index is 0.155. The van der Waals surface area contributed by atoms with E-state index in [4.69, 9.17) is 5.73 Å². The molecule has 0 unspecified atom stereocenters. The highest BCUT2D eigenvalue weighted by molar-refractivity contribution is 5.89. The highest BCUT2D eigenvalue weighted by atomic mass is 16.2. The smallest absolute Gasteiger partial charge is 0.243 e. The zero-order valence-corrected chi connectivity index (χ0v) is 17.7. The van der Waals surface area contributed by atoms with Crippen LogP contribution in [0.4, 0.5) is 0 Å². The Balaban J connectivity index is 2.06. The van der Waals surface area contributed by atoms with Crippen molar-refractivity contribution < 1.29 is 9.59 Å². The van der Waals surface area contributed by atoms with Gasteiger partial charge in [-0.2, -0.15) is 0 Å². The molecular weight excluding hydrogens is 362 g/mol. The Hall–Kier alpha value is -2.66. The molecule has 0 saturated carbocycles. The third kappa shape index (κ3) is 7.35. The van der Waals surface area contributed by atoms with E-state index in [2.05, 4.69) is 5.32 Å². The van der Waals surface area contributed by atoms with Crippen molar-refractivity contribution in [1.29, 1.82) is 0 Å². The molecule has 2 amide bonds. The quantitative estimate of drug-likeness (QED) is 0.650. The lowest BCUT2D eigenvalue weighted by atomic mass is 10.0. The number of hydrogen-bond donors (Lipinski definition) is 2. The molecule has 29 heavy (non-hydrogen) atoms. The Bertz CT molecular complexity index is 762. The molecule has 0 bridgehead atoms. The highest BCUT2D eigenvalue weighted by Gasteiger charge is 2.30. The van der Waals surface area contributed by atoms with E-state index < -0.39 is 12.1 Å². The summed E-state index contributed by atoms with van der Waals surface area (Å²) in [6.45, 7) is 4.59. The number of amides is 2. The summed E-state index contributed by atoms with van der Waals surface area (Å²) in [6.07, 6.45) is 1.79. The van der Waals surface area contributed by atoms with Crippen molar-refractivity contribution in [3.05, 3.63) is 71.8 Å². The molecule has 0 aromatic heterocycles. The van der Waals surface area contributed by atoms with Crippen LogP contribution in [0.25, 0.3) is 0 Å². The van der Waals surface area contributed by atoms with E-state index in [1.54, 1.807) is 7.05 Å². The summed E-state index contributed by atoms with van der Waals surface area (Å²) in [5.74, 6) is -0.0372. The zero-order chi connectivity index (χ0) is 21.2. The fourth-order valence-corrected chi connectivity index (χ4v) is 3.36. The van der Waals surface area contributed by atoms with Crippen LogP contribution in [-0.2, 0) is 22.4 Å². The van der Waals surface area contributed by atoms with Crippen LogP contribution in [0.3, 0.4) is 0 Å². The van der Waals surface area contributed by atoms with E-state index in [-0.39, 0.29) is 11.8 Å². The maximum atomic E-state index is 13.0. The molecule has 2 aromatic rings. The molecular formula is C24H33N3O2. The lowest BCUT2D eigenvalue weighted by Gasteiger charge is -2.30. The van der Waals surface area contributed by atoms with Gasteiger partial charge in [0.25, 0.3) is 0 Å². The lowest BCUT2D eigenvalue weighted by molar-refractivity contribution is -0.140. The van der Waals surface area contributed by atoms with Crippen LogP contribution in [-0.4, -0.2) is 42.4 Å². The molecule has 3 N–H and O–H groups in total. The summed E-state index contributed by atoms with van der Waals surface area (Å²) in [6, 6.07) is 18.6. The van der Waals surface area contributed by atoms with Crippen LogP contribution in [0.5, 0.6) is 0 Å². The second-order valence-electron chi connectivity index (χ2n) is 7.92. The first kappa shape index (κ1) is 22.6. The van der Waals surface area contributed by atoms with Crippen molar-refractivity contribution in [2.45, 2.75) is 45.2 Å². The molecule has 0 fully saturated rings. The van der Waals surface area contributed by atoms with E-state index in [0.29, 0.717) is 25.3 Å². The van der Waals surface area contributed by atoms with E-state index >= 15 is 0 Å². The molecule has 0 saturated heterocycles. The fourth-order valence-electron chi connectivity index (χ4n) is 3.36. The monoisotopic (exact) mass is 395 g/mol. The van der Waals surface area contributed by atoms with Crippen LogP contribution in [0, 0.1) is 5.92 Å². The normalized spacial score (nSPS) is 13.0. The van der Waals surface area contributed by atoms with Gasteiger partial charge >= 0.3 is 0 Å². The molecule has 0 spiro atoms. The summed E-state index contributed by atoms with van der Waals surface area (Å²) in [7, 11) is 1.67. The summed E-state index contributed by atoms with van der Waals surface area (Å²) >= 11 is 0. The molecule has 2 atom stereocenters. The number of hydrogen-bond acceptors (Lipinski definition) is 3. The van der Waals surface area contributed by atoms with E-state index in [9.17, 15) is 9.59 Å². The Morgan fingerprint density at radius 2 is 1.52 bits per heavy atom. The Morgan fingerprint density at radius 1 is 0.966 bits per heavy atom. The number of carbonyl (C=O) groups excluding carboxylic acids is 2. The molecule has 0 heterocycles. The number of likely N-dealkylation sites (N-methyl/N-ethyl adjacent to an activating group) is 1. The van der Waals surface area contributed by atoms with Crippen molar-refractivity contribution in [2.75, 3.05) is 13.6 Å². The van der Waals surface area contributed by atoms with Gasteiger partial charge in [-0.3, -0.25) is 9.59 Å². The maximum absolute atomic E-state index is 13.0. The van der Waals surface area contributed by atoms with Crippen molar-refractivity contribution in [2.24, 2.45) is 11.7 Å². The number of carbonyl (C=O) groups is 2. The van der Waals surface area contributed by atoms with E-state index in [1.165, 1.54) is 4.90 Å². The van der Waals surface area contributed by atoms with Crippen molar-refractivity contribution in [1.82, 2.24) is 10.2 Å². The number of nitrogens with zero attached hydrogens (tertiary/aromatic N) is 1. The van der Waals surface area contributed by atoms with E-state index in [0.717, 1.165) is 17.5 Å². The number of benzene rings is 2. The first-order valence-corrected chi connectivity index (χ1v) is 10.3. The van der Waals surface area contributed by atoms with Gasteiger partial charge < -0.3 is 16.0 Å². The average Bonchev–Trinajstić information content (AvgIpc) is 2.72. The van der Waals surface area contributed by atoms with Gasteiger partial charge in [0.1, 0.15) is 6.04 Å². The first-order chi connectivity index (χ1) is 13.9. The third-order valence-corrected chi connectivity index (χ3v) is 4.99. The average molecular weight is 396 g/mol. The minimum atomic E-state index is -0.601. The van der Waals surface area contributed by atoms with Crippen molar-refractivity contribution in [3.63, 3.8) is 0 Å². The van der Waals surface area contributed by atoms with Gasteiger partial charge in [0.15, 0.2) is 0 Å². The Labute approximate surface area is 174 Å². The van der Waals surface area contributed by atoms with Crippen LogP contribution in [0.15, 0.2) is 60.7 Å². The lowest BCUT2D eigenvalue weighted by Crippen LogP contribution is -2.53. The molecule has 0 aliphatic carbocycles. The van der Waals surface area contributed by atoms with Gasteiger partial charge in [0.05, 0.1) is 6.04 Å². The van der Waals surface area contributed by atoms with Crippen LogP contribution in [0.2, 0.25) is 0 Å². The standard InChI is InChI=1S/C24H33N3O2/c1-18(2)16-21(25)24(29)27(3)22(17-20-12-8-5-9-13-20)23(28)26-15-14-19-10-6-4-7-11-19/h4-13,18,21-22H,14-17,25H2,1-3H3,(H,26,28)/t21-,22-/m0/s1. The molecule has 5 heteroatoms. The minimum Gasteiger partial charge on any atom is -0.354 e. The second kappa shape index (κ2) is 11.4. The topological polar surface area (TPSA) is 75.4 Å². The maximum Gasteiger partial charge on any atom is 0.243 e. The Morgan fingerprint density at radius 3 is 2.07 bits per heavy atom. The predicted octanol–water partition coefficient (Wildman–Crippen LogP) is 2.79. The first-order valence-electron chi connectivity index (χ1n) is 10.3. The molecule has 2 aromatic carbocycles. The second-order valence-corrected chi connectivity index (χ2v) is 7.92. The molecule has 2 rings (SSSR count). The summed E-state index contributed by atoms with van der Waals surface area (Å²) in [5.41, 5.74) is 8.27. The van der Waals surface area contributed by atoms with Gasteiger partial charge in [-0.05, 0) is 29.9 Å². The molecule has 0 aliphatic rings. The third-order valence-electron chi connectivity index (χ3n) is 4.99. The summed E-state index contributed by atoms with van der Waals surface area (Å²) < 4.78 is 0. The van der Waals surface area contributed by atoms with E-state index in [1.807, 2.05) is 74.5 Å². The summed E-state index contributed by atoms with van der Waals surface area (Å²) in [4.78, 5) is 27.3. The van der Waals surface area contributed by atoms with Crippen LogP contribution in [0.1, 0.15) is 31.4 Å². The molecule has 0 aliphatic heterocycles. The largest absolute Gasteiger partial charge is 0.354 e. The van der Waals surface area contributed by atoms with Gasteiger partial charge in [-0.15, -0.1) is 0 Å². The van der Waals surface area contributed by atoms with Gasteiger partial charge in [-0.25, -0.2) is 0 Å². The fraction of sp³-hybridized carbons (Fsp3) is 0.417. The van der Waals surface area contributed by atoms with Gasteiger partial charge in [0.2, 0.25) is 11.8 Å². The molecule has 5 nitrogen and oxygen atoms in total. The van der Waals surface area contributed by atoms with Crippen LogP contribution < -0.4 is 11.1 Å². The number of nitrogens with one attached hydrogen (secondary N) is 1. The SMILES string of the molecule is CC(C)C[C@H](N)C(=O)N(C)[C@@H](Cc1ccccc1)C(=O)NCCc1ccccc1. The van der Waals surface area contributed by atoms with Gasteiger partial charge in [-0.1, -0.05) is 74.5 Å². The number of nitrogens with two attached hydrogens (primary N) is 1. The Kier molecular flexibility index (Phi) is 8.87. The zero-order valence-electron chi connectivity index (χ0n) is 17.7. The molecule has 156 valence electrons. The van der Waals surface area contributed by atoms with Crippen LogP contribution >= 0.6 is 0 Å². The number of rotatable bonds is 10.